The fraction of sp³-hybridized carbons (Fsp3) is 0.429. The standard InChI is InChI=1S/C14H16BrFN2O2/c1-8-6-10(8)14(20)17-5-4-13(19)18-12-7-9(15)2-3-11(12)16/h2-3,7-8,10H,4-6H2,1H3,(H,17,20)(H,18,19)/t8-,10-/m1/s1. The highest BCUT2D eigenvalue weighted by Crippen LogP contribution is 2.37. The Morgan fingerprint density at radius 2 is 2.15 bits per heavy atom. The normalized spacial score (nSPS) is 20.4. The van der Waals surface area contributed by atoms with Crippen molar-refractivity contribution in [3.05, 3.63) is 28.5 Å². The van der Waals surface area contributed by atoms with Gasteiger partial charge < -0.3 is 10.6 Å². The zero-order valence-electron chi connectivity index (χ0n) is 11.1. The number of nitrogens with one attached hydrogen (secondary N) is 2. The molecule has 4 nitrogen and oxygen atoms in total. The number of hydrogen-bond acceptors (Lipinski definition) is 2. The van der Waals surface area contributed by atoms with Gasteiger partial charge in [0.05, 0.1) is 5.69 Å². The van der Waals surface area contributed by atoms with Gasteiger partial charge in [0.2, 0.25) is 11.8 Å². The van der Waals surface area contributed by atoms with Gasteiger partial charge in [-0.25, -0.2) is 4.39 Å². The number of halogens is 2. The highest BCUT2D eigenvalue weighted by Gasteiger charge is 2.38. The van der Waals surface area contributed by atoms with Crippen molar-refractivity contribution in [2.75, 3.05) is 11.9 Å². The van der Waals surface area contributed by atoms with E-state index in [-0.39, 0.29) is 36.4 Å². The first-order valence-corrected chi connectivity index (χ1v) is 7.29. The third kappa shape index (κ3) is 4.03. The summed E-state index contributed by atoms with van der Waals surface area (Å²) in [5.74, 6) is -0.275. The molecule has 0 radical (unpaired) electrons. The molecule has 2 amide bonds. The van der Waals surface area contributed by atoms with E-state index in [2.05, 4.69) is 26.6 Å². The van der Waals surface area contributed by atoms with Gasteiger partial charge in [-0.15, -0.1) is 0 Å². The van der Waals surface area contributed by atoms with Crippen LogP contribution in [0.15, 0.2) is 22.7 Å². The average Bonchev–Trinajstić information content (AvgIpc) is 3.11. The van der Waals surface area contributed by atoms with E-state index < -0.39 is 5.82 Å². The summed E-state index contributed by atoms with van der Waals surface area (Å²) in [4.78, 5) is 23.2. The van der Waals surface area contributed by atoms with Crippen LogP contribution < -0.4 is 10.6 Å². The number of hydrogen-bond donors (Lipinski definition) is 2. The fourth-order valence-electron chi connectivity index (χ4n) is 1.92. The van der Waals surface area contributed by atoms with Crippen LogP contribution in [0.3, 0.4) is 0 Å². The maximum Gasteiger partial charge on any atom is 0.226 e. The van der Waals surface area contributed by atoms with Gasteiger partial charge in [0.25, 0.3) is 0 Å². The molecule has 1 fully saturated rings. The number of amides is 2. The second-order valence-electron chi connectivity index (χ2n) is 5.03. The third-order valence-electron chi connectivity index (χ3n) is 3.30. The topological polar surface area (TPSA) is 58.2 Å². The van der Waals surface area contributed by atoms with Gasteiger partial charge in [-0.1, -0.05) is 22.9 Å². The third-order valence-corrected chi connectivity index (χ3v) is 3.79. The summed E-state index contributed by atoms with van der Waals surface area (Å²) in [5.41, 5.74) is 0.131. The van der Waals surface area contributed by atoms with Crippen molar-refractivity contribution >= 4 is 33.4 Å². The molecule has 0 bridgehead atoms. The summed E-state index contributed by atoms with van der Waals surface area (Å²) in [6.45, 7) is 2.29. The minimum Gasteiger partial charge on any atom is -0.355 e. The molecule has 0 unspecified atom stereocenters. The van der Waals surface area contributed by atoms with Crippen LogP contribution in [0.2, 0.25) is 0 Å². The molecule has 1 aromatic carbocycles. The minimum atomic E-state index is -0.489. The molecule has 2 N–H and O–H groups in total. The number of rotatable bonds is 5. The molecule has 0 aliphatic heterocycles. The molecule has 20 heavy (non-hydrogen) atoms. The van der Waals surface area contributed by atoms with Crippen molar-refractivity contribution in [2.24, 2.45) is 11.8 Å². The van der Waals surface area contributed by atoms with E-state index in [0.717, 1.165) is 6.42 Å². The van der Waals surface area contributed by atoms with E-state index >= 15 is 0 Å². The van der Waals surface area contributed by atoms with Gasteiger partial charge in [0.15, 0.2) is 0 Å². The van der Waals surface area contributed by atoms with Crippen molar-refractivity contribution in [3.63, 3.8) is 0 Å². The van der Waals surface area contributed by atoms with Gasteiger partial charge in [-0.2, -0.15) is 0 Å². The molecule has 2 rings (SSSR count). The van der Waals surface area contributed by atoms with Gasteiger partial charge >= 0.3 is 0 Å². The zero-order chi connectivity index (χ0) is 14.7. The second-order valence-corrected chi connectivity index (χ2v) is 5.95. The molecule has 1 aliphatic carbocycles. The quantitative estimate of drug-likeness (QED) is 0.864. The van der Waals surface area contributed by atoms with Crippen LogP contribution in [0.25, 0.3) is 0 Å². The van der Waals surface area contributed by atoms with Crippen molar-refractivity contribution in [2.45, 2.75) is 19.8 Å². The smallest absolute Gasteiger partial charge is 0.226 e. The molecule has 2 atom stereocenters. The summed E-state index contributed by atoms with van der Waals surface area (Å²) >= 11 is 3.21. The summed E-state index contributed by atoms with van der Waals surface area (Å²) in [5, 5.41) is 5.20. The summed E-state index contributed by atoms with van der Waals surface area (Å²) in [6, 6.07) is 4.33. The lowest BCUT2D eigenvalue weighted by Crippen LogP contribution is -2.29. The Hall–Kier alpha value is -1.43. The van der Waals surface area contributed by atoms with E-state index in [1.54, 1.807) is 6.07 Å². The fourth-order valence-corrected chi connectivity index (χ4v) is 2.28. The van der Waals surface area contributed by atoms with Crippen LogP contribution >= 0.6 is 15.9 Å². The van der Waals surface area contributed by atoms with Crippen LogP contribution in [-0.4, -0.2) is 18.4 Å². The number of carbonyl (C=O) groups is 2. The van der Waals surface area contributed by atoms with E-state index in [9.17, 15) is 14.0 Å². The first-order valence-electron chi connectivity index (χ1n) is 6.50. The summed E-state index contributed by atoms with van der Waals surface area (Å²) in [6.07, 6.45) is 1.04. The molecule has 0 aromatic heterocycles. The van der Waals surface area contributed by atoms with Crippen molar-refractivity contribution in [3.8, 4) is 0 Å². The van der Waals surface area contributed by atoms with E-state index in [1.165, 1.54) is 12.1 Å². The number of carbonyl (C=O) groups excluding carboxylic acids is 2. The molecule has 0 heterocycles. The monoisotopic (exact) mass is 342 g/mol. The molecule has 1 aromatic rings. The van der Waals surface area contributed by atoms with E-state index in [1.807, 2.05) is 6.92 Å². The molecule has 108 valence electrons. The Morgan fingerprint density at radius 3 is 2.80 bits per heavy atom. The van der Waals surface area contributed by atoms with Gasteiger partial charge in [-0.05, 0) is 30.5 Å². The largest absolute Gasteiger partial charge is 0.355 e. The van der Waals surface area contributed by atoms with Gasteiger partial charge in [0.1, 0.15) is 5.82 Å². The Kier molecular flexibility index (Phi) is 4.75. The maximum absolute atomic E-state index is 13.4. The lowest BCUT2D eigenvalue weighted by molar-refractivity contribution is -0.122. The predicted octanol–water partition coefficient (Wildman–Crippen LogP) is 2.69. The molecular formula is C14H16BrFN2O2. The first-order chi connectivity index (χ1) is 9.47. The molecular weight excluding hydrogens is 327 g/mol. The highest BCUT2D eigenvalue weighted by atomic mass is 79.9. The van der Waals surface area contributed by atoms with Crippen molar-refractivity contribution in [1.82, 2.24) is 5.32 Å². The maximum atomic E-state index is 13.4. The first kappa shape index (κ1) is 15.0. The molecule has 0 spiro atoms. The van der Waals surface area contributed by atoms with Crippen molar-refractivity contribution in [1.29, 1.82) is 0 Å². The molecule has 6 heteroatoms. The Bertz CT molecular complexity index is 536. The Morgan fingerprint density at radius 1 is 1.45 bits per heavy atom. The lowest BCUT2D eigenvalue weighted by atomic mass is 10.3. The van der Waals surface area contributed by atoms with Gasteiger partial charge in [0, 0.05) is 23.4 Å². The van der Waals surface area contributed by atoms with Crippen LogP contribution in [0.4, 0.5) is 10.1 Å². The Balaban J connectivity index is 1.75. The van der Waals surface area contributed by atoms with E-state index in [0.29, 0.717) is 10.4 Å². The Labute approximate surface area is 125 Å². The SMILES string of the molecule is C[C@@H]1C[C@H]1C(=O)NCCC(=O)Nc1cc(Br)ccc1F. The number of anilines is 1. The van der Waals surface area contributed by atoms with Gasteiger partial charge in [-0.3, -0.25) is 9.59 Å². The average molecular weight is 343 g/mol. The zero-order valence-corrected chi connectivity index (χ0v) is 12.7. The molecule has 1 aliphatic rings. The molecule has 1 saturated carbocycles. The van der Waals surface area contributed by atoms with E-state index in [4.69, 9.17) is 0 Å². The predicted molar refractivity (Wildman–Crippen MR) is 77.6 cm³/mol. The van der Waals surface area contributed by atoms with Crippen LogP contribution in [0.1, 0.15) is 19.8 Å². The van der Waals surface area contributed by atoms with Crippen molar-refractivity contribution < 1.29 is 14.0 Å². The lowest BCUT2D eigenvalue weighted by Gasteiger charge is -2.08. The summed E-state index contributed by atoms with van der Waals surface area (Å²) < 4.78 is 14.1. The summed E-state index contributed by atoms with van der Waals surface area (Å²) in [7, 11) is 0. The molecule has 0 saturated heterocycles. The second kappa shape index (κ2) is 6.35. The highest BCUT2D eigenvalue weighted by molar-refractivity contribution is 9.10. The minimum absolute atomic E-state index is 0.000985. The van der Waals surface area contributed by atoms with Crippen LogP contribution in [0, 0.1) is 17.7 Å². The van der Waals surface area contributed by atoms with Crippen LogP contribution in [0.5, 0.6) is 0 Å². The number of benzene rings is 1. The van der Waals surface area contributed by atoms with Crippen LogP contribution in [-0.2, 0) is 9.59 Å².